The maximum absolute atomic E-state index is 9.85. The van der Waals surface area contributed by atoms with E-state index in [9.17, 15) is 5.11 Å². The molecule has 26 heavy (non-hydrogen) atoms. The number of aryl methyl sites for hydroxylation is 1. The van der Waals surface area contributed by atoms with Crippen LogP contribution in [0.4, 0.5) is 0 Å². The highest BCUT2D eigenvalue weighted by molar-refractivity contribution is 5.45. The molecule has 0 saturated heterocycles. The topological polar surface area (TPSA) is 66.4 Å². The lowest BCUT2D eigenvalue weighted by Crippen LogP contribution is -2.13. The molecule has 6 nitrogen and oxygen atoms in total. The molecule has 0 saturated carbocycles. The van der Waals surface area contributed by atoms with E-state index in [0.717, 1.165) is 35.3 Å². The molecular weight excluding hydrogens is 336 g/mol. The van der Waals surface area contributed by atoms with Crippen LogP contribution in [0.3, 0.4) is 0 Å². The second-order valence-corrected chi connectivity index (χ2v) is 6.02. The van der Waals surface area contributed by atoms with E-state index in [-0.39, 0.29) is 13.4 Å². The van der Waals surface area contributed by atoms with Gasteiger partial charge in [-0.1, -0.05) is 25.5 Å². The third-order valence-electron chi connectivity index (χ3n) is 4.19. The van der Waals surface area contributed by atoms with Crippen molar-refractivity contribution in [1.82, 2.24) is 0 Å². The zero-order valence-electron chi connectivity index (χ0n) is 15.1. The number of hydrogen-bond acceptors (Lipinski definition) is 6. The Hall–Kier alpha value is -2.28. The predicted molar refractivity (Wildman–Crippen MR) is 95.3 cm³/mol. The van der Waals surface area contributed by atoms with Gasteiger partial charge >= 0.3 is 0 Å². The number of ether oxygens (including phenoxy) is 3. The van der Waals surface area contributed by atoms with E-state index in [1.165, 1.54) is 7.11 Å². The molecular formula is C20H24O6. The van der Waals surface area contributed by atoms with Crippen LogP contribution in [-0.2, 0) is 22.8 Å². The standard InChI is InChI=1S/C20H24O6/c1-3-4-15-9-14(12-25-22-2)5-7-17(15)26-20(11-21)16-6-8-18-19(10-16)24-13-23-18/h5-10,20-21H,3-4,11-13H2,1-2H3. The van der Waals surface area contributed by atoms with Crippen LogP contribution < -0.4 is 14.2 Å². The maximum Gasteiger partial charge on any atom is 0.231 e. The lowest BCUT2D eigenvalue weighted by Gasteiger charge is -2.20. The van der Waals surface area contributed by atoms with Gasteiger partial charge in [0.2, 0.25) is 6.79 Å². The van der Waals surface area contributed by atoms with E-state index >= 15 is 0 Å². The highest BCUT2D eigenvalue weighted by Gasteiger charge is 2.20. The Morgan fingerprint density at radius 1 is 1.12 bits per heavy atom. The summed E-state index contributed by atoms with van der Waals surface area (Å²) >= 11 is 0. The van der Waals surface area contributed by atoms with E-state index in [0.29, 0.717) is 18.1 Å². The Balaban J connectivity index is 1.80. The van der Waals surface area contributed by atoms with Crippen LogP contribution in [-0.4, -0.2) is 25.6 Å². The molecule has 6 heteroatoms. The van der Waals surface area contributed by atoms with Crippen molar-refractivity contribution < 1.29 is 29.1 Å². The molecule has 0 radical (unpaired) electrons. The molecule has 1 aliphatic heterocycles. The van der Waals surface area contributed by atoms with E-state index in [1.54, 1.807) is 0 Å². The summed E-state index contributed by atoms with van der Waals surface area (Å²) < 4.78 is 16.9. The Morgan fingerprint density at radius 3 is 2.73 bits per heavy atom. The molecule has 0 amide bonds. The van der Waals surface area contributed by atoms with Crippen LogP contribution in [0.15, 0.2) is 36.4 Å². The van der Waals surface area contributed by atoms with Crippen LogP contribution in [0.2, 0.25) is 0 Å². The molecule has 0 aliphatic carbocycles. The maximum atomic E-state index is 9.85. The fourth-order valence-corrected chi connectivity index (χ4v) is 2.91. The minimum absolute atomic E-state index is 0.139. The second-order valence-electron chi connectivity index (χ2n) is 6.02. The first kappa shape index (κ1) is 18.5. The quantitative estimate of drug-likeness (QED) is 0.545. The largest absolute Gasteiger partial charge is 0.483 e. The van der Waals surface area contributed by atoms with E-state index in [4.69, 9.17) is 19.1 Å². The first-order valence-corrected chi connectivity index (χ1v) is 8.69. The van der Waals surface area contributed by atoms with Crippen molar-refractivity contribution in [1.29, 1.82) is 0 Å². The molecule has 1 N–H and O–H groups in total. The van der Waals surface area contributed by atoms with Gasteiger partial charge in [0.15, 0.2) is 11.5 Å². The number of aliphatic hydroxyl groups is 1. The van der Waals surface area contributed by atoms with Gasteiger partial charge in [-0.3, -0.25) is 0 Å². The highest BCUT2D eigenvalue weighted by Crippen LogP contribution is 2.36. The van der Waals surface area contributed by atoms with E-state index < -0.39 is 6.10 Å². The van der Waals surface area contributed by atoms with Crippen LogP contribution in [0.5, 0.6) is 17.2 Å². The summed E-state index contributed by atoms with van der Waals surface area (Å²) in [6.45, 7) is 2.57. The molecule has 2 aromatic carbocycles. The zero-order chi connectivity index (χ0) is 18.4. The zero-order valence-corrected chi connectivity index (χ0v) is 15.1. The summed E-state index contributed by atoms with van der Waals surface area (Å²) in [5.41, 5.74) is 2.92. The van der Waals surface area contributed by atoms with E-state index in [1.807, 2.05) is 36.4 Å². The van der Waals surface area contributed by atoms with Crippen molar-refractivity contribution in [3.8, 4) is 17.2 Å². The van der Waals surface area contributed by atoms with Crippen molar-refractivity contribution >= 4 is 0 Å². The lowest BCUT2D eigenvalue weighted by molar-refractivity contribution is -0.282. The summed E-state index contributed by atoms with van der Waals surface area (Å²) in [7, 11) is 1.49. The molecule has 1 heterocycles. The van der Waals surface area contributed by atoms with Gasteiger partial charge < -0.3 is 19.3 Å². The number of benzene rings is 2. The first-order chi connectivity index (χ1) is 12.7. The normalized spacial score (nSPS) is 13.7. The molecule has 1 unspecified atom stereocenters. The lowest BCUT2D eigenvalue weighted by atomic mass is 10.0. The van der Waals surface area contributed by atoms with Gasteiger partial charge in [0.05, 0.1) is 13.7 Å². The Labute approximate surface area is 153 Å². The fourth-order valence-electron chi connectivity index (χ4n) is 2.91. The van der Waals surface area contributed by atoms with Crippen LogP contribution in [0.1, 0.15) is 36.1 Å². The third-order valence-corrected chi connectivity index (χ3v) is 4.19. The molecule has 1 aliphatic rings. The summed E-state index contributed by atoms with van der Waals surface area (Å²) in [6.07, 6.45) is 1.37. The van der Waals surface area contributed by atoms with Crippen molar-refractivity contribution in [2.24, 2.45) is 0 Å². The smallest absolute Gasteiger partial charge is 0.231 e. The Kier molecular flexibility index (Phi) is 6.33. The van der Waals surface area contributed by atoms with Gasteiger partial charge in [-0.15, -0.1) is 0 Å². The van der Waals surface area contributed by atoms with Crippen molar-refractivity contribution in [2.75, 3.05) is 20.5 Å². The fraction of sp³-hybridized carbons (Fsp3) is 0.400. The highest BCUT2D eigenvalue weighted by atomic mass is 17.2. The second kappa shape index (κ2) is 8.89. The minimum atomic E-state index is -0.485. The summed E-state index contributed by atoms with van der Waals surface area (Å²) in [5, 5.41) is 9.85. The van der Waals surface area contributed by atoms with E-state index in [2.05, 4.69) is 11.8 Å². The van der Waals surface area contributed by atoms with Gasteiger partial charge in [0.25, 0.3) is 0 Å². The van der Waals surface area contributed by atoms with Crippen LogP contribution >= 0.6 is 0 Å². The summed E-state index contributed by atoms with van der Waals surface area (Å²) in [5.74, 6) is 2.13. The monoisotopic (exact) mass is 360 g/mol. The van der Waals surface area contributed by atoms with Gasteiger partial charge in [0, 0.05) is 0 Å². The van der Waals surface area contributed by atoms with Gasteiger partial charge in [-0.25, -0.2) is 9.78 Å². The predicted octanol–water partition coefficient (Wildman–Crippen LogP) is 3.56. The summed E-state index contributed by atoms with van der Waals surface area (Å²) in [4.78, 5) is 9.67. The van der Waals surface area contributed by atoms with Gasteiger partial charge in [-0.2, -0.15) is 0 Å². The molecule has 0 aromatic heterocycles. The molecule has 2 aromatic rings. The third kappa shape index (κ3) is 4.27. The molecule has 0 spiro atoms. The molecule has 3 rings (SSSR count). The summed E-state index contributed by atoms with van der Waals surface area (Å²) in [6, 6.07) is 11.5. The number of fused-ring (bicyclic) bond motifs is 1. The SMILES string of the molecule is CCCc1cc(COOC)ccc1OC(CO)c1ccc2c(c1)OCO2. The molecule has 140 valence electrons. The number of rotatable bonds is 9. The molecule has 0 fully saturated rings. The van der Waals surface area contributed by atoms with Crippen molar-refractivity contribution in [3.05, 3.63) is 53.1 Å². The Morgan fingerprint density at radius 2 is 1.96 bits per heavy atom. The number of hydrogen-bond donors (Lipinski definition) is 1. The number of aliphatic hydroxyl groups excluding tert-OH is 1. The van der Waals surface area contributed by atoms with Crippen LogP contribution in [0.25, 0.3) is 0 Å². The Bertz CT molecular complexity index is 730. The van der Waals surface area contributed by atoms with Crippen molar-refractivity contribution in [3.63, 3.8) is 0 Å². The van der Waals surface area contributed by atoms with Gasteiger partial charge in [-0.05, 0) is 47.4 Å². The molecule has 0 bridgehead atoms. The first-order valence-electron chi connectivity index (χ1n) is 8.69. The molecule has 1 atom stereocenters. The van der Waals surface area contributed by atoms with Crippen LogP contribution in [0, 0.1) is 0 Å². The van der Waals surface area contributed by atoms with Gasteiger partial charge in [0.1, 0.15) is 18.5 Å². The average molecular weight is 360 g/mol. The van der Waals surface area contributed by atoms with Crippen molar-refractivity contribution in [2.45, 2.75) is 32.5 Å². The minimum Gasteiger partial charge on any atom is -0.483 e. The average Bonchev–Trinajstić information content (AvgIpc) is 3.13.